The number of rotatable bonds is 16. The first-order valence-electron chi connectivity index (χ1n) is 12.7. The van der Waals surface area contributed by atoms with Crippen molar-refractivity contribution in [3.05, 3.63) is 65.2 Å². The average Bonchev–Trinajstić information content (AvgIpc) is 2.83. The monoisotopic (exact) mass is 452 g/mol. The fourth-order valence-corrected chi connectivity index (χ4v) is 3.91. The maximum absolute atomic E-state index is 12.8. The van der Waals surface area contributed by atoms with Crippen LogP contribution in [0.5, 0.6) is 5.75 Å². The van der Waals surface area contributed by atoms with E-state index in [1.165, 1.54) is 51.4 Å². The molecule has 0 spiro atoms. The first-order chi connectivity index (χ1) is 16.2. The van der Waals surface area contributed by atoms with Crippen LogP contribution in [0.2, 0.25) is 0 Å². The first kappa shape index (κ1) is 26.6. The maximum atomic E-state index is 12.8. The van der Waals surface area contributed by atoms with E-state index in [1.807, 2.05) is 18.2 Å². The minimum absolute atomic E-state index is 0.233. The summed E-state index contributed by atoms with van der Waals surface area (Å²) in [6.45, 7) is 4.70. The predicted octanol–water partition coefficient (Wildman–Crippen LogP) is 7.94. The highest BCUT2D eigenvalue weighted by molar-refractivity contribution is 6.03. The number of hydrogen-bond acceptors (Lipinski definition) is 4. The van der Waals surface area contributed by atoms with Crippen LogP contribution in [-0.4, -0.2) is 18.5 Å². The van der Waals surface area contributed by atoms with Crippen molar-refractivity contribution in [3.8, 4) is 5.75 Å². The van der Waals surface area contributed by atoms with Gasteiger partial charge in [0.1, 0.15) is 5.75 Å². The van der Waals surface area contributed by atoms with E-state index < -0.39 is 11.9 Å². The number of carbonyl (C=O) groups excluding carboxylic acids is 2. The standard InChI is InChI=1S/C29H40O4/c1-3-5-6-7-8-9-10-11-12-17-23-32-28(30)25-20-14-15-21-26(25)29(31)33-27-22-16-13-19-24(27)18-4-2/h13-16,19-22H,3-12,17-18,23H2,1-2H3. The van der Waals surface area contributed by atoms with E-state index in [9.17, 15) is 9.59 Å². The zero-order valence-corrected chi connectivity index (χ0v) is 20.4. The van der Waals surface area contributed by atoms with Gasteiger partial charge in [0.2, 0.25) is 0 Å². The molecule has 4 heteroatoms. The topological polar surface area (TPSA) is 52.6 Å². The summed E-state index contributed by atoms with van der Waals surface area (Å²) >= 11 is 0. The van der Waals surface area contributed by atoms with Gasteiger partial charge < -0.3 is 9.47 Å². The smallest absolute Gasteiger partial charge is 0.344 e. The highest BCUT2D eigenvalue weighted by Crippen LogP contribution is 2.22. The molecule has 0 saturated heterocycles. The van der Waals surface area contributed by atoms with Crippen LogP contribution in [0.15, 0.2) is 48.5 Å². The number of carbonyl (C=O) groups is 2. The number of ether oxygens (including phenoxy) is 2. The fourth-order valence-electron chi connectivity index (χ4n) is 3.91. The zero-order valence-electron chi connectivity index (χ0n) is 20.4. The van der Waals surface area contributed by atoms with Crippen molar-refractivity contribution in [3.63, 3.8) is 0 Å². The van der Waals surface area contributed by atoms with Crippen LogP contribution < -0.4 is 4.74 Å². The molecule has 180 valence electrons. The lowest BCUT2D eigenvalue weighted by molar-refractivity contribution is 0.0489. The number of esters is 2. The summed E-state index contributed by atoms with van der Waals surface area (Å²) in [5, 5.41) is 0. The molecule has 0 aliphatic rings. The molecule has 0 aromatic heterocycles. The minimum Gasteiger partial charge on any atom is -0.462 e. The van der Waals surface area contributed by atoms with E-state index in [1.54, 1.807) is 30.3 Å². The van der Waals surface area contributed by atoms with Gasteiger partial charge in [-0.05, 0) is 36.6 Å². The number of benzene rings is 2. The molecule has 2 aromatic carbocycles. The molecule has 0 atom stereocenters. The van der Waals surface area contributed by atoms with Crippen LogP contribution in [0, 0.1) is 0 Å². The van der Waals surface area contributed by atoms with Crippen molar-refractivity contribution < 1.29 is 19.1 Å². The average molecular weight is 453 g/mol. The van der Waals surface area contributed by atoms with Crippen molar-refractivity contribution in [2.75, 3.05) is 6.61 Å². The van der Waals surface area contributed by atoms with Gasteiger partial charge in [-0.2, -0.15) is 0 Å². The molecule has 0 amide bonds. The van der Waals surface area contributed by atoms with E-state index in [-0.39, 0.29) is 11.1 Å². The Balaban J connectivity index is 1.78. The van der Waals surface area contributed by atoms with Gasteiger partial charge in [0.05, 0.1) is 17.7 Å². The lowest BCUT2D eigenvalue weighted by atomic mass is 10.1. The molecule has 2 aromatic rings. The second kappa shape index (κ2) is 16.1. The normalized spacial score (nSPS) is 10.7. The molecule has 2 rings (SSSR count). The molecule has 0 fully saturated rings. The Morgan fingerprint density at radius 2 is 1.18 bits per heavy atom. The van der Waals surface area contributed by atoms with Gasteiger partial charge in [0.25, 0.3) is 0 Å². The molecule has 0 unspecified atom stereocenters. The molecule has 33 heavy (non-hydrogen) atoms. The van der Waals surface area contributed by atoms with Crippen molar-refractivity contribution in [1.82, 2.24) is 0 Å². The number of hydrogen-bond donors (Lipinski definition) is 0. The van der Waals surface area contributed by atoms with Crippen molar-refractivity contribution in [2.45, 2.75) is 90.9 Å². The summed E-state index contributed by atoms with van der Waals surface area (Å²) in [7, 11) is 0. The van der Waals surface area contributed by atoms with Crippen molar-refractivity contribution in [1.29, 1.82) is 0 Å². The first-order valence-corrected chi connectivity index (χ1v) is 12.7. The van der Waals surface area contributed by atoms with Crippen LogP contribution >= 0.6 is 0 Å². The second-order valence-corrected chi connectivity index (χ2v) is 8.61. The van der Waals surface area contributed by atoms with Gasteiger partial charge in [0, 0.05) is 0 Å². The summed E-state index contributed by atoms with van der Waals surface area (Å²) < 4.78 is 11.1. The Bertz CT molecular complexity index is 843. The lowest BCUT2D eigenvalue weighted by Gasteiger charge is -2.12. The Kier molecular flexibility index (Phi) is 13.0. The van der Waals surface area contributed by atoms with Gasteiger partial charge in [-0.25, -0.2) is 9.59 Å². The molecule has 0 aliphatic carbocycles. The Hall–Kier alpha value is -2.62. The minimum atomic E-state index is -0.537. The predicted molar refractivity (Wildman–Crippen MR) is 134 cm³/mol. The number of aryl methyl sites for hydroxylation is 1. The third kappa shape index (κ3) is 9.81. The van der Waals surface area contributed by atoms with Crippen molar-refractivity contribution >= 4 is 11.9 Å². The SMILES string of the molecule is CCCCCCCCCCCCOC(=O)c1ccccc1C(=O)Oc1ccccc1CCC. The molecule has 0 saturated carbocycles. The summed E-state index contributed by atoms with van der Waals surface area (Å²) in [4.78, 5) is 25.4. The maximum Gasteiger partial charge on any atom is 0.344 e. The third-order valence-electron chi connectivity index (χ3n) is 5.79. The summed E-state index contributed by atoms with van der Waals surface area (Å²) in [5.74, 6) is -0.469. The second-order valence-electron chi connectivity index (χ2n) is 8.61. The summed E-state index contributed by atoms with van der Waals surface area (Å²) in [5.41, 5.74) is 1.47. The van der Waals surface area contributed by atoms with Gasteiger partial charge in [-0.1, -0.05) is 108 Å². The van der Waals surface area contributed by atoms with Crippen LogP contribution in [0.25, 0.3) is 0 Å². The lowest BCUT2D eigenvalue weighted by Crippen LogP contribution is -2.16. The molecule has 0 heterocycles. The highest BCUT2D eigenvalue weighted by atomic mass is 16.5. The van der Waals surface area contributed by atoms with E-state index >= 15 is 0 Å². The molecule has 0 aliphatic heterocycles. The molecule has 0 N–H and O–H groups in total. The van der Waals surface area contributed by atoms with E-state index in [0.717, 1.165) is 31.2 Å². The van der Waals surface area contributed by atoms with Crippen molar-refractivity contribution in [2.24, 2.45) is 0 Å². The van der Waals surface area contributed by atoms with E-state index in [4.69, 9.17) is 9.47 Å². The molecular weight excluding hydrogens is 412 g/mol. The molecular formula is C29H40O4. The van der Waals surface area contributed by atoms with Crippen LogP contribution in [0.3, 0.4) is 0 Å². The van der Waals surface area contributed by atoms with Crippen LogP contribution in [-0.2, 0) is 11.2 Å². The Morgan fingerprint density at radius 1 is 0.636 bits per heavy atom. The fraction of sp³-hybridized carbons (Fsp3) is 0.517. The third-order valence-corrected chi connectivity index (χ3v) is 5.79. The van der Waals surface area contributed by atoms with E-state index in [2.05, 4.69) is 13.8 Å². The zero-order chi connectivity index (χ0) is 23.7. The largest absolute Gasteiger partial charge is 0.462 e. The Morgan fingerprint density at radius 3 is 1.82 bits per heavy atom. The Labute approximate surface area is 199 Å². The van der Waals surface area contributed by atoms with Gasteiger partial charge in [-0.15, -0.1) is 0 Å². The van der Waals surface area contributed by atoms with Gasteiger partial charge in [-0.3, -0.25) is 0 Å². The van der Waals surface area contributed by atoms with Crippen LogP contribution in [0.4, 0.5) is 0 Å². The van der Waals surface area contributed by atoms with E-state index in [0.29, 0.717) is 12.4 Å². The number of unbranched alkanes of at least 4 members (excludes halogenated alkanes) is 9. The number of para-hydroxylation sites is 1. The summed E-state index contributed by atoms with van der Waals surface area (Å²) in [6.07, 6.45) is 14.0. The molecule has 4 nitrogen and oxygen atoms in total. The molecule has 0 bridgehead atoms. The van der Waals surface area contributed by atoms with Gasteiger partial charge in [0.15, 0.2) is 0 Å². The summed E-state index contributed by atoms with van der Waals surface area (Å²) in [6, 6.07) is 14.2. The highest BCUT2D eigenvalue weighted by Gasteiger charge is 2.20. The van der Waals surface area contributed by atoms with Gasteiger partial charge >= 0.3 is 11.9 Å². The molecule has 0 radical (unpaired) electrons. The van der Waals surface area contributed by atoms with Crippen LogP contribution in [0.1, 0.15) is 111 Å². The quantitative estimate of drug-likeness (QED) is 0.147.